The fourth-order valence-electron chi connectivity index (χ4n) is 10.9. The van der Waals surface area contributed by atoms with E-state index in [1.807, 2.05) is 14.2 Å². The van der Waals surface area contributed by atoms with Crippen LogP contribution in [0.1, 0.15) is 182 Å². The zero-order valence-electron chi connectivity index (χ0n) is 44.3. The molecule has 0 spiro atoms. The van der Waals surface area contributed by atoms with Crippen LogP contribution in [0.5, 0.6) is 23.0 Å². The number of aromatic hydroxyl groups is 1. The third-order valence-corrected chi connectivity index (χ3v) is 20.3. The first-order valence-electron chi connectivity index (χ1n) is 23.7. The van der Waals surface area contributed by atoms with Crippen LogP contribution in [0.4, 0.5) is 0 Å². The first-order chi connectivity index (χ1) is 29.7. The average Bonchev–Trinajstić information content (AvgIpc) is 3.17. The second-order valence-corrected chi connectivity index (χ2v) is 29.8. The van der Waals surface area contributed by atoms with Crippen molar-refractivity contribution in [1.29, 1.82) is 0 Å². The molecule has 0 aromatic heterocycles. The van der Waals surface area contributed by atoms with Gasteiger partial charge in [0.05, 0.1) is 21.3 Å². The number of phenolic OH excluding ortho intramolecular Hbond substituents is 1. The number of fused-ring (bicyclic) bond motifs is 8. The second-order valence-electron chi connectivity index (χ2n) is 24.6. The van der Waals surface area contributed by atoms with Gasteiger partial charge >= 0.3 is 0 Å². The maximum absolute atomic E-state index is 12.4. The Labute approximate surface area is 397 Å². The minimum atomic E-state index is -1.04. The molecule has 0 fully saturated rings. The maximum atomic E-state index is 12.4. The van der Waals surface area contributed by atoms with Crippen LogP contribution in [-0.4, -0.2) is 37.8 Å². The number of benzene rings is 4. The van der Waals surface area contributed by atoms with E-state index in [0.717, 1.165) is 57.1 Å². The molecule has 2 aliphatic heterocycles. The molecule has 2 unspecified atom stereocenters. The lowest BCUT2D eigenvalue weighted by molar-refractivity contribution is 0.318. The monoisotopic (exact) mass is 917 g/mol. The molecule has 4 nitrogen and oxygen atoms in total. The van der Waals surface area contributed by atoms with E-state index in [-0.39, 0.29) is 43.8 Å². The molecule has 6 rings (SSSR count). The van der Waals surface area contributed by atoms with Gasteiger partial charge in [-0.3, -0.25) is 0 Å². The third-order valence-electron chi connectivity index (χ3n) is 14.3. The quantitative estimate of drug-likeness (QED) is 0.196. The number of allylic oxidation sites excluding steroid dienone is 3. The van der Waals surface area contributed by atoms with Crippen LogP contribution in [-0.2, 0) is 32.5 Å². The van der Waals surface area contributed by atoms with E-state index in [1.165, 1.54) is 43.5 Å². The molecular weight excluding hydrogens is 835 g/mol. The highest BCUT2D eigenvalue weighted by molar-refractivity contribution is 7.77. The highest BCUT2D eigenvalue weighted by Crippen LogP contribution is 2.57. The zero-order valence-corrected chi connectivity index (χ0v) is 46.1. The second kappa shape index (κ2) is 17.2. The summed E-state index contributed by atoms with van der Waals surface area (Å²) in [7, 11) is 3.39. The SMILES string of the molecule is C=C1/C=C(/C)c2cc(cc(C(C)(C)C)c2OC)P([C@H](C)[C@@H](C)P2c3cc(C(C)(C)C)c(O)c(c3)C(C)(C)CC(C)(C)c3cc2cc(C(C)(C)C)c3OC)c2cc1c(OC)c(C(C)(C)C)c2. The van der Waals surface area contributed by atoms with Gasteiger partial charge in [0.2, 0.25) is 0 Å². The number of hydrogen-bond acceptors (Lipinski definition) is 4. The minimum Gasteiger partial charge on any atom is -0.507 e. The Kier molecular flexibility index (Phi) is 13.4. The average molecular weight is 917 g/mol. The number of phenols is 1. The summed E-state index contributed by atoms with van der Waals surface area (Å²) in [6.45, 7) is 48.9. The molecule has 6 heteroatoms. The number of rotatable bonds is 6. The normalized spacial score (nSPS) is 20.3. The minimum absolute atomic E-state index is 0.168. The Balaban J connectivity index is 1.80. The van der Waals surface area contributed by atoms with E-state index in [2.05, 4.69) is 186 Å². The van der Waals surface area contributed by atoms with E-state index in [0.29, 0.717) is 5.75 Å². The zero-order chi connectivity index (χ0) is 48.9. The first kappa shape index (κ1) is 50.8. The van der Waals surface area contributed by atoms with Crippen molar-refractivity contribution in [3.8, 4) is 23.0 Å². The van der Waals surface area contributed by atoms with Crippen LogP contribution >= 0.6 is 15.8 Å². The molecule has 8 bridgehead atoms. The molecule has 4 atom stereocenters. The van der Waals surface area contributed by atoms with E-state index in [4.69, 9.17) is 20.8 Å². The lowest BCUT2D eigenvalue weighted by Crippen LogP contribution is -2.37. The summed E-state index contributed by atoms with van der Waals surface area (Å²) in [6, 6.07) is 19.6. The molecule has 0 saturated heterocycles. The number of methoxy groups -OCH3 is 3. The van der Waals surface area contributed by atoms with Gasteiger partial charge in [0.25, 0.3) is 0 Å². The molecular formula is C59H82O4P2. The molecule has 2 aliphatic rings. The van der Waals surface area contributed by atoms with Crippen molar-refractivity contribution in [2.75, 3.05) is 21.3 Å². The van der Waals surface area contributed by atoms with Gasteiger partial charge in [0.15, 0.2) is 0 Å². The Hall–Kier alpha value is -3.58. The van der Waals surface area contributed by atoms with E-state index < -0.39 is 15.8 Å². The van der Waals surface area contributed by atoms with Crippen LogP contribution in [0.3, 0.4) is 0 Å². The Morgan fingerprint density at radius 2 is 0.862 bits per heavy atom. The van der Waals surface area contributed by atoms with Crippen molar-refractivity contribution in [2.45, 2.75) is 182 Å². The highest BCUT2D eigenvalue weighted by atomic mass is 31.1. The maximum Gasteiger partial charge on any atom is 0.130 e. The fourth-order valence-corrected chi connectivity index (χ4v) is 17.1. The largest absolute Gasteiger partial charge is 0.507 e. The van der Waals surface area contributed by atoms with Crippen LogP contribution < -0.4 is 35.4 Å². The molecule has 4 aromatic rings. The summed E-state index contributed by atoms with van der Waals surface area (Å²) in [4.78, 5) is 0. The van der Waals surface area contributed by atoms with Crippen molar-refractivity contribution >= 4 is 48.2 Å². The Morgan fingerprint density at radius 1 is 0.523 bits per heavy atom. The standard InChI is InChI=1S/C59H82O4P2/c1-34-24-35(2)43-26-39(30-47(52(43)62-22)56(11,12)13)64(38-25-42(34)51(61-21)46(29-38)55(8,9)10)36(3)37(4)65-40-27-44(54(5,6)7)50(60)45(28-40)58(17,18)33-59(19,20)49-32-41(65)31-48(53(49)63-23)57(14,15)16/h24-32,36-37,60H,1,33H2,2-23H3/b35-24-/t36-,37-,64?,65?/m1/s1. The van der Waals surface area contributed by atoms with Crippen molar-refractivity contribution in [1.82, 2.24) is 0 Å². The fraction of sp³-hybridized carbons (Fsp3) is 0.525. The first-order valence-corrected chi connectivity index (χ1v) is 26.5. The summed E-state index contributed by atoms with van der Waals surface area (Å²) in [5.74, 6) is 3.25. The van der Waals surface area contributed by atoms with Gasteiger partial charge < -0.3 is 19.3 Å². The summed E-state index contributed by atoms with van der Waals surface area (Å²) in [6.07, 6.45) is 3.06. The predicted molar refractivity (Wildman–Crippen MR) is 287 cm³/mol. The Bertz CT molecular complexity index is 2540. The molecule has 352 valence electrons. The highest BCUT2D eigenvalue weighted by Gasteiger charge is 2.43. The van der Waals surface area contributed by atoms with E-state index in [9.17, 15) is 5.11 Å². The molecule has 4 aromatic carbocycles. The molecule has 2 heterocycles. The van der Waals surface area contributed by atoms with E-state index in [1.54, 1.807) is 7.11 Å². The molecule has 1 N–H and O–H groups in total. The van der Waals surface area contributed by atoms with Crippen LogP contribution in [0, 0.1) is 0 Å². The lowest BCUT2D eigenvalue weighted by Gasteiger charge is -2.43. The summed E-state index contributed by atoms with van der Waals surface area (Å²) < 4.78 is 19.2. The van der Waals surface area contributed by atoms with Crippen LogP contribution in [0.15, 0.2) is 61.2 Å². The molecule has 0 radical (unpaired) electrons. The summed E-state index contributed by atoms with van der Waals surface area (Å²) in [5.41, 5.74) is 10.1. The molecule has 0 aliphatic carbocycles. The van der Waals surface area contributed by atoms with E-state index >= 15 is 0 Å². The van der Waals surface area contributed by atoms with Gasteiger partial charge in [-0.25, -0.2) is 0 Å². The van der Waals surface area contributed by atoms with Gasteiger partial charge in [-0.05, 0) is 154 Å². The smallest absolute Gasteiger partial charge is 0.130 e. The number of hydrogen-bond donors (Lipinski definition) is 1. The predicted octanol–water partition coefficient (Wildman–Crippen LogP) is 14.3. The van der Waals surface area contributed by atoms with Crippen LogP contribution in [0.2, 0.25) is 0 Å². The number of ether oxygens (including phenoxy) is 3. The van der Waals surface area contributed by atoms with Crippen LogP contribution in [0.25, 0.3) is 11.1 Å². The molecule has 65 heavy (non-hydrogen) atoms. The summed E-state index contributed by atoms with van der Waals surface area (Å²) in [5, 5.41) is 17.8. The topological polar surface area (TPSA) is 47.9 Å². The van der Waals surface area contributed by atoms with Gasteiger partial charge in [-0.2, -0.15) is 0 Å². The van der Waals surface area contributed by atoms with Crippen molar-refractivity contribution in [3.63, 3.8) is 0 Å². The third kappa shape index (κ3) is 9.36. The molecule has 0 saturated carbocycles. The lowest BCUT2D eigenvalue weighted by atomic mass is 9.66. The van der Waals surface area contributed by atoms with Gasteiger partial charge in [0.1, 0.15) is 23.0 Å². The van der Waals surface area contributed by atoms with Crippen molar-refractivity contribution in [2.24, 2.45) is 0 Å². The van der Waals surface area contributed by atoms with Gasteiger partial charge in [-0.1, -0.05) is 137 Å². The van der Waals surface area contributed by atoms with Crippen molar-refractivity contribution in [3.05, 3.63) is 106 Å². The molecule has 0 amide bonds. The van der Waals surface area contributed by atoms with Gasteiger partial charge in [-0.15, -0.1) is 0 Å². The van der Waals surface area contributed by atoms with Gasteiger partial charge in [0, 0.05) is 44.5 Å². The summed E-state index contributed by atoms with van der Waals surface area (Å²) >= 11 is 0. The Morgan fingerprint density at radius 3 is 1.28 bits per heavy atom. The van der Waals surface area contributed by atoms with Crippen molar-refractivity contribution < 1.29 is 19.3 Å².